The second-order valence-electron chi connectivity index (χ2n) is 10.9. The number of ether oxygens (including phenoxy) is 1. The third kappa shape index (κ3) is 10.6. The van der Waals surface area contributed by atoms with Crippen molar-refractivity contribution in [1.82, 2.24) is 15.6 Å². The van der Waals surface area contributed by atoms with Gasteiger partial charge in [-0.3, -0.25) is 14.6 Å². The van der Waals surface area contributed by atoms with E-state index in [9.17, 15) is 19.5 Å². The van der Waals surface area contributed by atoms with E-state index in [-0.39, 0.29) is 30.7 Å². The van der Waals surface area contributed by atoms with Gasteiger partial charge in [0.1, 0.15) is 33.4 Å². The Labute approximate surface area is 255 Å². The number of aliphatic hydroxyl groups excluding tert-OH is 1. The summed E-state index contributed by atoms with van der Waals surface area (Å²) in [6.45, 7) is 7.87. The number of carbonyl (C=O) groups is 3. The number of allylic oxidation sites excluding steroid dienone is 1. The van der Waals surface area contributed by atoms with Crippen molar-refractivity contribution in [3.05, 3.63) is 28.2 Å². The molecule has 0 aromatic carbocycles. The Morgan fingerprint density at radius 1 is 1.27 bits per heavy atom. The van der Waals surface area contributed by atoms with Gasteiger partial charge < -0.3 is 20.5 Å². The molecule has 9 nitrogen and oxygen atoms in total. The molecule has 0 spiro atoms. The molecule has 3 rings (SSSR count). The first-order valence-electron chi connectivity index (χ1n) is 14.5. The number of aliphatic hydroxyl groups is 1. The molecule has 1 aromatic rings. The van der Waals surface area contributed by atoms with Crippen molar-refractivity contribution in [2.75, 3.05) is 11.5 Å². The zero-order valence-corrected chi connectivity index (χ0v) is 27.0. The number of nitrogens with zero attached hydrogens (tertiary/aromatic N) is 2. The maximum Gasteiger partial charge on any atom is 0.329 e. The van der Waals surface area contributed by atoms with Gasteiger partial charge in [-0.05, 0) is 43.9 Å². The Morgan fingerprint density at radius 3 is 2.80 bits per heavy atom. The van der Waals surface area contributed by atoms with Gasteiger partial charge in [-0.2, -0.15) is 11.4 Å². The maximum absolute atomic E-state index is 13.3. The number of hydrogen-bond donors (Lipinski definition) is 4. The molecular weight excluding hydrogens is 581 g/mol. The van der Waals surface area contributed by atoms with Crippen molar-refractivity contribution in [2.24, 2.45) is 10.9 Å². The lowest BCUT2D eigenvalue weighted by molar-refractivity contribution is -0.153. The first-order chi connectivity index (χ1) is 19.6. The molecule has 0 unspecified atom stereocenters. The molecule has 12 heteroatoms. The summed E-state index contributed by atoms with van der Waals surface area (Å²) >= 11 is 3.77. The Hall–Kier alpha value is -2.02. The van der Waals surface area contributed by atoms with Crippen molar-refractivity contribution < 1.29 is 24.2 Å². The summed E-state index contributed by atoms with van der Waals surface area (Å²) in [5, 5.41) is 19.7. The van der Waals surface area contributed by atoms with E-state index in [1.54, 1.807) is 13.0 Å². The van der Waals surface area contributed by atoms with Crippen LogP contribution in [0.5, 0.6) is 0 Å². The van der Waals surface area contributed by atoms with Crippen LogP contribution in [0.15, 0.2) is 22.5 Å². The third-order valence-corrected chi connectivity index (χ3v) is 10.0. The molecular formula is C29H44N4O5S3. The molecule has 3 atom stereocenters. The van der Waals surface area contributed by atoms with E-state index in [0.29, 0.717) is 28.0 Å². The standard InChI is InChI=1S/C29H44N4O5S3/c1-5-6-7-8-9-13-24(35)39-14-11-10-12-20-15-22(34)30-16-23-31-21(17-40-23)26-33-29(4,18-41-26)28(37)32-25(19(2)3)27(36)38-20/h10,12,17,19-20,25,35,39H,5-9,11,13-16,18H2,1-4H3,(H,30,34)(H,32,37)/b12-10+/t20-,25+,29+/m1/s1. The van der Waals surface area contributed by atoms with Crippen molar-refractivity contribution in [3.8, 4) is 0 Å². The fourth-order valence-corrected chi connectivity index (χ4v) is 7.09. The molecule has 0 saturated carbocycles. The van der Waals surface area contributed by atoms with Crippen LogP contribution in [0.3, 0.4) is 0 Å². The van der Waals surface area contributed by atoms with Gasteiger partial charge in [-0.1, -0.05) is 52.5 Å². The number of fused-ring (bicyclic) bond motifs is 4. The van der Waals surface area contributed by atoms with Crippen molar-refractivity contribution in [2.45, 2.75) is 103 Å². The molecule has 228 valence electrons. The number of rotatable bonds is 11. The van der Waals surface area contributed by atoms with Crippen LogP contribution < -0.4 is 10.6 Å². The summed E-state index contributed by atoms with van der Waals surface area (Å²) in [5.74, 6) is -0.257. The minimum absolute atomic E-state index is 0.0492. The van der Waals surface area contributed by atoms with Crippen LogP contribution in [-0.2, 0) is 25.7 Å². The van der Waals surface area contributed by atoms with Gasteiger partial charge in [-0.25, -0.2) is 9.78 Å². The van der Waals surface area contributed by atoms with Crippen LogP contribution in [0, 0.1) is 5.92 Å². The molecule has 41 heavy (non-hydrogen) atoms. The molecule has 2 aliphatic heterocycles. The van der Waals surface area contributed by atoms with Crippen molar-refractivity contribution >= 4 is 62.3 Å². The van der Waals surface area contributed by atoms with Crippen LogP contribution in [0.1, 0.15) is 89.8 Å². The number of nitrogens with one attached hydrogen (secondary N) is 2. The first-order valence-corrected chi connectivity index (χ1v) is 17.4. The predicted molar refractivity (Wildman–Crippen MR) is 171 cm³/mol. The number of cyclic esters (lactones) is 1. The van der Waals surface area contributed by atoms with Crippen molar-refractivity contribution in [1.29, 1.82) is 0 Å². The highest BCUT2D eigenvalue weighted by atomic mass is 32.2. The van der Waals surface area contributed by atoms with E-state index in [1.165, 1.54) is 42.4 Å². The average Bonchev–Trinajstić information content (AvgIpc) is 3.56. The number of hydrogen-bond acceptors (Lipinski definition) is 8. The Bertz CT molecular complexity index is 1150. The van der Waals surface area contributed by atoms with E-state index in [4.69, 9.17) is 4.74 Å². The summed E-state index contributed by atoms with van der Waals surface area (Å²) in [7, 11) is 0. The second-order valence-corrected chi connectivity index (χ2v) is 14.1. The Balaban J connectivity index is 1.69. The lowest BCUT2D eigenvalue weighted by Crippen LogP contribution is -2.53. The van der Waals surface area contributed by atoms with Gasteiger partial charge in [0.15, 0.2) is 0 Å². The monoisotopic (exact) mass is 624 g/mol. The molecule has 0 fully saturated rings. The van der Waals surface area contributed by atoms with Gasteiger partial charge in [0.25, 0.3) is 0 Å². The number of thiazole rings is 1. The fourth-order valence-electron chi connectivity index (χ4n) is 4.31. The maximum atomic E-state index is 13.3. The highest BCUT2D eigenvalue weighted by Crippen LogP contribution is 2.32. The van der Waals surface area contributed by atoms with Crippen LogP contribution in [0.25, 0.3) is 0 Å². The van der Waals surface area contributed by atoms with Crippen LogP contribution in [0.4, 0.5) is 0 Å². The van der Waals surface area contributed by atoms with E-state index in [2.05, 4.69) is 27.5 Å². The average molecular weight is 625 g/mol. The number of aliphatic imine (C=N–C) groups is 1. The summed E-state index contributed by atoms with van der Waals surface area (Å²) in [6.07, 6.45) is 9.93. The largest absolute Gasteiger partial charge is 0.456 e. The number of aromatic nitrogens is 1. The van der Waals surface area contributed by atoms with E-state index >= 15 is 0 Å². The summed E-state index contributed by atoms with van der Waals surface area (Å²) in [5.41, 5.74) is -0.341. The van der Waals surface area contributed by atoms with Gasteiger partial charge >= 0.3 is 5.97 Å². The van der Waals surface area contributed by atoms with Gasteiger partial charge in [-0.15, -0.1) is 23.1 Å². The number of thioether (sulfide) groups is 1. The van der Waals surface area contributed by atoms with Crippen LogP contribution in [-0.4, -0.2) is 67.2 Å². The molecule has 3 heterocycles. The smallest absolute Gasteiger partial charge is 0.329 e. The minimum atomic E-state index is -1.03. The van der Waals surface area contributed by atoms with Gasteiger partial charge in [0.2, 0.25) is 11.8 Å². The van der Waals surface area contributed by atoms with Crippen LogP contribution in [0.2, 0.25) is 0 Å². The minimum Gasteiger partial charge on any atom is -0.456 e. The summed E-state index contributed by atoms with van der Waals surface area (Å²) in [6, 6.07) is -0.885. The third-order valence-electron chi connectivity index (χ3n) is 6.84. The van der Waals surface area contributed by atoms with Crippen LogP contribution >= 0.6 is 34.4 Å². The highest BCUT2D eigenvalue weighted by Gasteiger charge is 2.41. The van der Waals surface area contributed by atoms with E-state index in [1.807, 2.05) is 25.3 Å². The SMILES string of the molecule is CCCCCCC/C(O)=[SH]\CC/C=C/[C@@H]1CC(=O)NCc2nc(cs2)C2=N[C@@](C)(CS2)C(=O)N[C@@H](C(C)C)C(=O)O1. The predicted octanol–water partition coefficient (Wildman–Crippen LogP) is 4.93. The molecule has 2 amide bonds. The molecule has 2 aliphatic rings. The summed E-state index contributed by atoms with van der Waals surface area (Å²) < 4.78 is 5.79. The number of thiol groups is 1. The normalized spacial score (nSPS) is 24.6. The lowest BCUT2D eigenvalue weighted by atomic mass is 10.0. The molecule has 3 N–H and O–H groups in total. The Morgan fingerprint density at radius 2 is 2.05 bits per heavy atom. The zero-order valence-electron chi connectivity index (χ0n) is 24.5. The van der Waals surface area contributed by atoms with Gasteiger partial charge in [0, 0.05) is 11.1 Å². The quantitative estimate of drug-likeness (QED) is 0.0904. The second kappa shape index (κ2) is 16.6. The number of amides is 2. The molecule has 1 aromatic heterocycles. The number of carbonyl (C=O) groups excluding carboxylic acids is 3. The number of esters is 1. The zero-order chi connectivity index (χ0) is 29.8. The molecule has 0 aliphatic carbocycles. The summed E-state index contributed by atoms with van der Waals surface area (Å²) in [4.78, 5) is 48.6. The van der Waals surface area contributed by atoms with E-state index in [0.717, 1.165) is 41.4 Å². The Kier molecular flexibility index (Phi) is 13.5. The fraction of sp³-hybridized carbons (Fsp3) is 0.655. The van der Waals surface area contributed by atoms with E-state index < -0.39 is 23.7 Å². The lowest BCUT2D eigenvalue weighted by Gasteiger charge is -2.27. The molecule has 0 saturated heterocycles. The van der Waals surface area contributed by atoms with Crippen molar-refractivity contribution in [3.63, 3.8) is 0 Å². The number of unbranched alkanes of at least 4 members (excludes halogenated alkanes) is 4. The topological polar surface area (TPSA) is 130 Å². The first kappa shape index (κ1) is 33.5. The highest BCUT2D eigenvalue weighted by molar-refractivity contribution is 8.14. The molecule has 0 radical (unpaired) electrons. The van der Waals surface area contributed by atoms with Gasteiger partial charge in [0.05, 0.1) is 18.0 Å². The molecule has 4 bridgehead atoms.